The number of rotatable bonds is 4. The lowest BCUT2D eigenvalue weighted by molar-refractivity contribution is 0.0171. The number of ether oxygens (including phenoxy) is 1. The Morgan fingerprint density at radius 3 is 2.12 bits per heavy atom. The molecule has 1 aliphatic carbocycles. The second-order valence-corrected chi connectivity index (χ2v) is 9.76. The molecule has 0 aromatic carbocycles. The maximum atomic E-state index is 8.55. The Morgan fingerprint density at radius 2 is 1.60 bits per heavy atom. The highest BCUT2D eigenvalue weighted by molar-refractivity contribution is 5.07. The maximum absolute atomic E-state index is 8.55. The van der Waals surface area contributed by atoms with Gasteiger partial charge < -0.3 is 9.64 Å². The first-order valence-electron chi connectivity index (χ1n) is 12.8. The summed E-state index contributed by atoms with van der Waals surface area (Å²) in [4.78, 5) is 1.36. The summed E-state index contributed by atoms with van der Waals surface area (Å²) in [6, 6.07) is 0. The van der Waals surface area contributed by atoms with Crippen molar-refractivity contribution in [3.05, 3.63) is 0 Å². The van der Waals surface area contributed by atoms with Crippen LogP contribution in [-0.2, 0) is 4.74 Å². The molecule has 0 radical (unpaired) electrons. The molecule has 1 saturated heterocycles. The molecule has 2 fully saturated rings. The van der Waals surface area contributed by atoms with Gasteiger partial charge >= 0.3 is 0 Å². The quantitative estimate of drug-likeness (QED) is 0.630. The third-order valence-corrected chi connectivity index (χ3v) is 5.25. The van der Waals surface area contributed by atoms with E-state index in [0.717, 1.165) is 25.7 Å². The highest BCUT2D eigenvalue weighted by Crippen LogP contribution is 2.40. The smallest absolute Gasteiger partial charge is 0.108 e. The molecular weight excluding hydrogens is 306 g/mol. The summed E-state index contributed by atoms with van der Waals surface area (Å²) in [6.07, 6.45) is 3.19. The average Bonchev–Trinajstić information content (AvgIpc) is 2.54. The fourth-order valence-corrected chi connectivity index (χ4v) is 3.56. The minimum atomic E-state index is -2.24. The number of likely N-dealkylation sites (tertiary alicyclic amines) is 1. The normalized spacial score (nSPS) is 35.1. The highest BCUT2D eigenvalue weighted by atomic mass is 16.5. The van der Waals surface area contributed by atoms with E-state index in [1.807, 2.05) is 20.8 Å². The third kappa shape index (κ3) is 7.71. The summed E-state index contributed by atoms with van der Waals surface area (Å²) in [7, 11) is 0. The van der Waals surface area contributed by atoms with Crippen LogP contribution in [-0.4, -0.2) is 37.1 Å². The number of hydrogen-bond donors (Lipinski definition) is 0. The molecule has 2 heteroatoms. The lowest BCUT2D eigenvalue weighted by atomic mass is 9.70. The molecule has 0 aromatic rings. The lowest BCUT2D eigenvalue weighted by Gasteiger charge is -2.39. The number of piperidine rings is 1. The van der Waals surface area contributed by atoms with Gasteiger partial charge in [0.1, 0.15) is 6.56 Å². The summed E-state index contributed by atoms with van der Waals surface area (Å²) in [6.45, 7) is 6.78. The van der Waals surface area contributed by atoms with Gasteiger partial charge in [-0.15, -0.1) is 0 Å². The zero-order valence-electron chi connectivity index (χ0n) is 23.0. The maximum Gasteiger partial charge on any atom is 0.108 e. The van der Waals surface area contributed by atoms with E-state index in [1.165, 1.54) is 4.90 Å². The molecule has 0 amide bonds. The fraction of sp³-hybridized carbons (Fsp3) is 0.913. The van der Waals surface area contributed by atoms with Gasteiger partial charge in [-0.3, -0.25) is 0 Å². The Balaban J connectivity index is 2.04. The van der Waals surface area contributed by atoms with Gasteiger partial charge in [0.15, 0.2) is 0 Å². The zero-order valence-corrected chi connectivity index (χ0v) is 17.0. The Morgan fingerprint density at radius 1 is 1.00 bits per heavy atom. The first-order valence-corrected chi connectivity index (χ1v) is 9.81. The second kappa shape index (κ2) is 8.92. The summed E-state index contributed by atoms with van der Waals surface area (Å²) >= 11 is 0. The molecular formula is C23H41NO. The Kier molecular flexibility index (Phi) is 4.86. The molecule has 0 spiro atoms. The summed E-state index contributed by atoms with van der Waals surface area (Å²) in [5.74, 6) is 6.26. The Hall–Kier alpha value is -0.520. The van der Waals surface area contributed by atoms with Crippen LogP contribution in [0.3, 0.4) is 0 Å². The molecule has 1 aliphatic heterocycles. The van der Waals surface area contributed by atoms with Crippen LogP contribution in [0.5, 0.6) is 0 Å². The molecule has 0 atom stereocenters. The van der Waals surface area contributed by atoms with E-state index in [4.69, 9.17) is 13.0 Å². The van der Waals surface area contributed by atoms with Crippen molar-refractivity contribution in [1.82, 2.24) is 4.90 Å². The summed E-state index contributed by atoms with van der Waals surface area (Å²) in [5, 5.41) is 0. The van der Waals surface area contributed by atoms with Gasteiger partial charge in [0.2, 0.25) is 0 Å². The molecule has 144 valence electrons. The van der Waals surface area contributed by atoms with Gasteiger partial charge in [-0.2, -0.15) is 0 Å². The van der Waals surface area contributed by atoms with Gasteiger partial charge in [0.05, 0.1) is 8.85 Å². The first kappa shape index (κ1) is 13.6. The van der Waals surface area contributed by atoms with Crippen LogP contribution < -0.4 is 0 Å². The Labute approximate surface area is 165 Å². The molecule has 2 aliphatic rings. The van der Waals surface area contributed by atoms with Crippen LogP contribution >= 0.6 is 0 Å². The van der Waals surface area contributed by atoms with Crippen molar-refractivity contribution in [3.8, 4) is 11.8 Å². The van der Waals surface area contributed by atoms with Crippen molar-refractivity contribution in [2.75, 3.05) is 26.1 Å². The van der Waals surface area contributed by atoms with E-state index in [9.17, 15) is 0 Å². The standard InChI is InChI=1S/C23H41NO/c1-22(2,3)14-7-17-25-21-12-15-24(16-13-21)18-19-8-10-20(11-9-19)23(4,5)6/h19-21H,8-13,15-18H2,1-6H3/i15D2,16D2,17D2. The van der Waals surface area contributed by atoms with E-state index in [2.05, 4.69) is 32.6 Å². The van der Waals surface area contributed by atoms with Crippen LogP contribution in [0.2, 0.25) is 0 Å². The SMILES string of the molecule is [2H]C([2H])(C#CC(C)(C)C)OC1CC([2H])([2H])N(CC2CCC(C(C)(C)C)CC2)C([2H])([2H])C1. The van der Waals surface area contributed by atoms with Crippen LogP contribution in [0.4, 0.5) is 0 Å². The van der Waals surface area contributed by atoms with E-state index in [0.29, 0.717) is 12.5 Å². The van der Waals surface area contributed by atoms with Crippen molar-refractivity contribution in [2.45, 2.75) is 86.2 Å². The minimum absolute atomic E-state index is 0.0689. The minimum Gasteiger partial charge on any atom is -0.365 e. The van der Waals surface area contributed by atoms with Gasteiger partial charge in [-0.25, -0.2) is 0 Å². The molecule has 2 nitrogen and oxygen atoms in total. The van der Waals surface area contributed by atoms with Crippen molar-refractivity contribution in [2.24, 2.45) is 22.7 Å². The van der Waals surface area contributed by atoms with Gasteiger partial charge in [-0.1, -0.05) is 32.6 Å². The molecule has 25 heavy (non-hydrogen) atoms. The predicted molar refractivity (Wildman–Crippen MR) is 108 cm³/mol. The van der Waals surface area contributed by atoms with E-state index in [1.54, 1.807) is 0 Å². The van der Waals surface area contributed by atoms with Crippen LogP contribution in [0.25, 0.3) is 0 Å². The third-order valence-electron chi connectivity index (χ3n) is 5.25. The van der Waals surface area contributed by atoms with E-state index in [-0.39, 0.29) is 29.6 Å². The predicted octanol–water partition coefficient (Wildman–Crippen LogP) is 5.37. The molecule has 1 saturated carbocycles. The molecule has 0 aromatic heterocycles. The summed E-state index contributed by atoms with van der Waals surface area (Å²) < 4.78 is 55.8. The van der Waals surface area contributed by atoms with E-state index >= 15 is 0 Å². The van der Waals surface area contributed by atoms with Crippen molar-refractivity contribution >= 4 is 0 Å². The van der Waals surface area contributed by atoms with Crippen molar-refractivity contribution in [1.29, 1.82) is 0 Å². The highest BCUT2D eigenvalue weighted by Gasteiger charge is 2.31. The van der Waals surface area contributed by atoms with Gasteiger partial charge in [0.25, 0.3) is 0 Å². The second-order valence-electron chi connectivity index (χ2n) is 9.76. The monoisotopic (exact) mass is 353 g/mol. The zero-order chi connectivity index (χ0) is 23.9. The van der Waals surface area contributed by atoms with Crippen molar-refractivity contribution in [3.63, 3.8) is 0 Å². The molecule has 2 rings (SSSR count). The molecule has 0 bridgehead atoms. The van der Waals surface area contributed by atoms with Crippen LogP contribution in [0.15, 0.2) is 0 Å². The van der Waals surface area contributed by atoms with Gasteiger partial charge in [0, 0.05) is 30.4 Å². The van der Waals surface area contributed by atoms with E-state index < -0.39 is 25.7 Å². The van der Waals surface area contributed by atoms with Crippen molar-refractivity contribution < 1.29 is 13.0 Å². The largest absolute Gasteiger partial charge is 0.365 e. The number of hydrogen-bond acceptors (Lipinski definition) is 2. The van der Waals surface area contributed by atoms with Gasteiger partial charge in [-0.05, 0) is 76.5 Å². The summed E-state index contributed by atoms with van der Waals surface area (Å²) in [5.41, 5.74) is -0.103. The first-order chi connectivity index (χ1) is 13.8. The number of nitrogens with zero attached hydrogens (tertiary/aromatic N) is 1. The topological polar surface area (TPSA) is 12.5 Å². The fourth-order valence-electron chi connectivity index (χ4n) is 3.56. The lowest BCUT2D eigenvalue weighted by Crippen LogP contribution is -2.40. The van der Waals surface area contributed by atoms with Crippen LogP contribution in [0, 0.1) is 34.5 Å². The Bertz CT molecular complexity index is 657. The molecule has 1 heterocycles. The van der Waals surface area contributed by atoms with Crippen LogP contribution in [0.1, 0.15) is 88.3 Å². The molecule has 0 unspecified atom stereocenters. The molecule has 0 N–H and O–H groups in total. The average molecular weight is 354 g/mol.